The van der Waals surface area contributed by atoms with Gasteiger partial charge in [0, 0.05) is 22.8 Å². The van der Waals surface area contributed by atoms with Crippen LogP contribution >= 0.6 is 11.3 Å². The molecule has 0 atom stereocenters. The highest BCUT2D eigenvalue weighted by molar-refractivity contribution is 7.18. The number of furan rings is 1. The van der Waals surface area contributed by atoms with E-state index in [1.807, 2.05) is 43.3 Å². The summed E-state index contributed by atoms with van der Waals surface area (Å²) in [4.78, 5) is 25.5. The number of methoxy groups -OCH3 is 1. The van der Waals surface area contributed by atoms with Crippen molar-refractivity contribution in [2.24, 2.45) is 5.92 Å². The van der Waals surface area contributed by atoms with Crippen LogP contribution in [-0.4, -0.2) is 18.9 Å². The van der Waals surface area contributed by atoms with Crippen LogP contribution in [0.5, 0.6) is 5.75 Å². The summed E-state index contributed by atoms with van der Waals surface area (Å²) in [6.07, 6.45) is 1.88. The Morgan fingerprint density at radius 3 is 2.63 bits per heavy atom. The molecule has 0 aliphatic heterocycles. The number of rotatable bonds is 5. The molecule has 0 saturated heterocycles. The van der Waals surface area contributed by atoms with Crippen LogP contribution < -0.4 is 15.4 Å². The fourth-order valence-corrected chi connectivity index (χ4v) is 4.51. The van der Waals surface area contributed by atoms with Crippen LogP contribution in [0.4, 0.5) is 10.7 Å². The number of fused-ring (bicyclic) bond motifs is 3. The first kappa shape index (κ1) is 18.7. The number of ether oxygens (including phenoxy) is 1. The van der Waals surface area contributed by atoms with Gasteiger partial charge in [-0.2, -0.15) is 0 Å². The van der Waals surface area contributed by atoms with E-state index in [2.05, 4.69) is 10.6 Å². The minimum atomic E-state index is -0.252. The van der Waals surface area contributed by atoms with Gasteiger partial charge >= 0.3 is 0 Å². The number of aryl methyl sites for hydroxylation is 1. The van der Waals surface area contributed by atoms with E-state index in [0.717, 1.165) is 34.8 Å². The standard InChI is InChI=1S/C23H20N2O4S/c1-12-9-20(25-22(26)13-7-8-13)30-21(12)23(27)24-16-11-18-15(10-19(16)28-2)14-5-3-4-6-17(14)29-18/h3-6,9-11,13H,7-8H2,1-2H3,(H,24,27)(H,25,26). The van der Waals surface area contributed by atoms with Crippen LogP contribution in [0.25, 0.3) is 21.9 Å². The molecule has 1 aliphatic carbocycles. The number of hydrogen-bond donors (Lipinski definition) is 2. The van der Waals surface area contributed by atoms with Gasteiger partial charge in [-0.1, -0.05) is 18.2 Å². The summed E-state index contributed by atoms with van der Waals surface area (Å²) in [5, 5.41) is 8.45. The van der Waals surface area contributed by atoms with Crippen LogP contribution in [0.3, 0.4) is 0 Å². The van der Waals surface area contributed by atoms with Gasteiger partial charge in [0.25, 0.3) is 5.91 Å². The van der Waals surface area contributed by atoms with Gasteiger partial charge < -0.3 is 19.8 Å². The Bertz CT molecular complexity index is 1300. The van der Waals surface area contributed by atoms with Gasteiger partial charge in [-0.15, -0.1) is 11.3 Å². The first-order valence-corrected chi connectivity index (χ1v) is 10.6. The molecule has 0 unspecified atom stereocenters. The van der Waals surface area contributed by atoms with Crippen molar-refractivity contribution in [2.45, 2.75) is 19.8 Å². The number of nitrogens with one attached hydrogen (secondary N) is 2. The lowest BCUT2D eigenvalue weighted by Crippen LogP contribution is -2.12. The SMILES string of the molecule is COc1cc2c(cc1NC(=O)c1sc(NC(=O)C3CC3)cc1C)oc1ccccc12. The van der Waals surface area contributed by atoms with Gasteiger partial charge in [0.1, 0.15) is 16.9 Å². The van der Waals surface area contributed by atoms with Gasteiger partial charge in [0.2, 0.25) is 5.91 Å². The van der Waals surface area contributed by atoms with Crippen LogP contribution in [0.2, 0.25) is 0 Å². The monoisotopic (exact) mass is 420 g/mol. The highest BCUT2D eigenvalue weighted by Gasteiger charge is 2.30. The molecule has 2 amide bonds. The number of amides is 2. The summed E-state index contributed by atoms with van der Waals surface area (Å²) in [6.45, 7) is 1.86. The summed E-state index contributed by atoms with van der Waals surface area (Å²) in [5.74, 6) is 0.446. The molecule has 2 aromatic carbocycles. The van der Waals surface area contributed by atoms with Gasteiger partial charge in [-0.25, -0.2) is 0 Å². The molecule has 4 aromatic rings. The maximum Gasteiger partial charge on any atom is 0.266 e. The Labute approximate surface area is 176 Å². The maximum absolute atomic E-state index is 13.0. The number of carbonyl (C=O) groups is 2. The second-order valence-electron chi connectivity index (χ2n) is 7.49. The van der Waals surface area contributed by atoms with Crippen LogP contribution in [0.15, 0.2) is 46.9 Å². The molecule has 1 fully saturated rings. The first-order valence-electron chi connectivity index (χ1n) is 9.75. The Morgan fingerprint density at radius 1 is 1.07 bits per heavy atom. The molecule has 152 valence electrons. The zero-order valence-electron chi connectivity index (χ0n) is 16.6. The third kappa shape index (κ3) is 3.31. The van der Waals surface area contributed by atoms with Crippen molar-refractivity contribution < 1.29 is 18.7 Å². The van der Waals surface area contributed by atoms with Crippen LogP contribution in [0, 0.1) is 12.8 Å². The van der Waals surface area contributed by atoms with E-state index in [4.69, 9.17) is 9.15 Å². The van der Waals surface area contributed by atoms with Crippen molar-refractivity contribution in [3.05, 3.63) is 52.9 Å². The quantitative estimate of drug-likeness (QED) is 0.443. The predicted molar refractivity (Wildman–Crippen MR) is 119 cm³/mol. The van der Waals surface area contributed by atoms with Crippen molar-refractivity contribution in [1.29, 1.82) is 0 Å². The lowest BCUT2D eigenvalue weighted by molar-refractivity contribution is -0.117. The molecule has 30 heavy (non-hydrogen) atoms. The second-order valence-corrected chi connectivity index (χ2v) is 8.54. The smallest absolute Gasteiger partial charge is 0.266 e. The minimum Gasteiger partial charge on any atom is -0.495 e. The van der Waals surface area contributed by atoms with E-state index in [9.17, 15) is 9.59 Å². The van der Waals surface area contributed by atoms with Gasteiger partial charge in [0.15, 0.2) is 0 Å². The van der Waals surface area contributed by atoms with Crippen LogP contribution in [-0.2, 0) is 4.79 Å². The topological polar surface area (TPSA) is 80.6 Å². The number of thiophene rings is 1. The molecule has 0 radical (unpaired) electrons. The number of carbonyl (C=O) groups excluding carboxylic acids is 2. The van der Waals surface area contributed by atoms with E-state index in [0.29, 0.717) is 26.9 Å². The van der Waals surface area contributed by atoms with Gasteiger partial charge in [0.05, 0.1) is 22.7 Å². The average Bonchev–Trinajstić information content (AvgIpc) is 3.44. The van der Waals surface area contributed by atoms with Crippen molar-refractivity contribution in [2.75, 3.05) is 17.7 Å². The zero-order valence-corrected chi connectivity index (χ0v) is 17.4. The average molecular weight is 420 g/mol. The van der Waals surface area contributed by atoms with Crippen molar-refractivity contribution in [3.8, 4) is 5.75 Å². The molecule has 2 heterocycles. The van der Waals surface area contributed by atoms with E-state index < -0.39 is 0 Å². The van der Waals surface area contributed by atoms with E-state index in [-0.39, 0.29) is 17.7 Å². The molecule has 2 aromatic heterocycles. The summed E-state index contributed by atoms with van der Waals surface area (Å²) < 4.78 is 11.4. The Morgan fingerprint density at radius 2 is 1.87 bits per heavy atom. The number of para-hydroxylation sites is 1. The molecule has 0 spiro atoms. The number of hydrogen-bond acceptors (Lipinski definition) is 5. The fourth-order valence-electron chi connectivity index (χ4n) is 3.54. The highest BCUT2D eigenvalue weighted by Crippen LogP contribution is 2.37. The van der Waals surface area contributed by atoms with Gasteiger partial charge in [-0.05, 0) is 43.5 Å². The third-order valence-corrected chi connectivity index (χ3v) is 6.42. The molecule has 1 saturated carbocycles. The lowest BCUT2D eigenvalue weighted by atomic mass is 10.1. The van der Waals surface area contributed by atoms with Crippen LogP contribution in [0.1, 0.15) is 28.1 Å². The molecule has 5 rings (SSSR count). The lowest BCUT2D eigenvalue weighted by Gasteiger charge is -2.10. The minimum absolute atomic E-state index is 0.0280. The van der Waals surface area contributed by atoms with Gasteiger partial charge in [-0.3, -0.25) is 9.59 Å². The zero-order chi connectivity index (χ0) is 20.8. The van der Waals surface area contributed by atoms with Crippen molar-refractivity contribution in [1.82, 2.24) is 0 Å². The largest absolute Gasteiger partial charge is 0.495 e. The molecular formula is C23H20N2O4S. The molecule has 2 N–H and O–H groups in total. The van der Waals surface area contributed by atoms with E-state index >= 15 is 0 Å². The van der Waals surface area contributed by atoms with Crippen molar-refractivity contribution >= 4 is 55.8 Å². The summed E-state index contributed by atoms with van der Waals surface area (Å²) in [5.41, 5.74) is 2.80. The Hall–Kier alpha value is -3.32. The molecule has 0 bridgehead atoms. The number of anilines is 2. The first-order chi connectivity index (χ1) is 14.5. The fraction of sp³-hybridized carbons (Fsp3) is 0.217. The predicted octanol–water partition coefficient (Wildman–Crippen LogP) is 5.57. The number of benzene rings is 2. The van der Waals surface area contributed by atoms with E-state index in [1.165, 1.54) is 11.3 Å². The molecule has 7 heteroatoms. The maximum atomic E-state index is 13.0. The molecule has 6 nitrogen and oxygen atoms in total. The summed E-state index contributed by atoms with van der Waals surface area (Å²) in [7, 11) is 1.57. The second kappa shape index (κ2) is 7.18. The summed E-state index contributed by atoms with van der Waals surface area (Å²) >= 11 is 1.27. The normalized spacial score (nSPS) is 13.5. The molecular weight excluding hydrogens is 400 g/mol. The Balaban J connectivity index is 1.44. The van der Waals surface area contributed by atoms with E-state index in [1.54, 1.807) is 13.2 Å². The van der Waals surface area contributed by atoms with Crippen molar-refractivity contribution in [3.63, 3.8) is 0 Å². The highest BCUT2D eigenvalue weighted by atomic mass is 32.1. The molecule has 1 aliphatic rings. The Kier molecular flexibility index (Phi) is 4.47. The summed E-state index contributed by atoms with van der Waals surface area (Å²) in [6, 6.07) is 13.3. The third-order valence-electron chi connectivity index (χ3n) is 5.27.